The second kappa shape index (κ2) is 8.08. The van der Waals surface area contributed by atoms with Crippen LogP contribution in [-0.4, -0.2) is 23.1 Å². The highest BCUT2D eigenvalue weighted by molar-refractivity contribution is 5.29. The van der Waals surface area contributed by atoms with Crippen LogP contribution >= 0.6 is 0 Å². The third-order valence-electron chi connectivity index (χ3n) is 3.28. The van der Waals surface area contributed by atoms with Crippen molar-refractivity contribution in [3.8, 4) is 11.8 Å². The predicted molar refractivity (Wildman–Crippen MR) is 80.9 cm³/mol. The van der Waals surface area contributed by atoms with Gasteiger partial charge in [0.1, 0.15) is 17.6 Å². The zero-order valence-corrected chi connectivity index (χ0v) is 12.2. The number of ether oxygens (including phenoxy) is 1. The second-order valence-electron chi connectivity index (χ2n) is 4.83. The molecule has 2 rings (SSSR count). The van der Waals surface area contributed by atoms with Crippen LogP contribution in [0.15, 0.2) is 36.7 Å². The molecule has 2 aromatic rings. The average Bonchev–Trinajstić information content (AvgIpc) is 3.03. The minimum absolute atomic E-state index is 0.0833. The molecule has 21 heavy (non-hydrogen) atoms. The molecule has 0 saturated carbocycles. The van der Waals surface area contributed by atoms with E-state index in [0.29, 0.717) is 0 Å². The van der Waals surface area contributed by atoms with Gasteiger partial charge in [-0.25, -0.2) is 4.98 Å². The molecule has 0 aliphatic carbocycles. The van der Waals surface area contributed by atoms with Gasteiger partial charge in [-0.1, -0.05) is 12.1 Å². The summed E-state index contributed by atoms with van der Waals surface area (Å²) in [7, 11) is 0. The summed E-state index contributed by atoms with van der Waals surface area (Å²) in [6.45, 7) is 3.16. The number of hydrogen-bond donors (Lipinski definition) is 2. The van der Waals surface area contributed by atoms with Crippen molar-refractivity contribution in [2.24, 2.45) is 0 Å². The molecule has 1 unspecified atom stereocenters. The molecule has 110 valence electrons. The van der Waals surface area contributed by atoms with Gasteiger partial charge in [0.15, 0.2) is 6.61 Å². The monoisotopic (exact) mass is 284 g/mol. The average molecular weight is 284 g/mol. The summed E-state index contributed by atoms with van der Waals surface area (Å²) < 4.78 is 5.24. The molecule has 0 amide bonds. The molecule has 0 radical (unpaired) electrons. The smallest absolute Gasteiger partial charge is 0.174 e. The Hall–Kier alpha value is -2.32. The van der Waals surface area contributed by atoms with Crippen LogP contribution in [0.25, 0.3) is 0 Å². The van der Waals surface area contributed by atoms with Crippen molar-refractivity contribution in [2.75, 3.05) is 13.2 Å². The molecule has 0 saturated heterocycles. The van der Waals surface area contributed by atoms with Gasteiger partial charge in [-0.2, -0.15) is 5.26 Å². The van der Waals surface area contributed by atoms with Crippen LogP contribution < -0.4 is 10.1 Å². The molecule has 0 aliphatic heterocycles. The van der Waals surface area contributed by atoms with Gasteiger partial charge in [-0.05, 0) is 37.6 Å². The fourth-order valence-electron chi connectivity index (χ4n) is 2.10. The molecule has 0 aliphatic rings. The molecule has 1 aromatic heterocycles. The third kappa shape index (κ3) is 4.93. The maximum absolute atomic E-state index is 8.47. The van der Waals surface area contributed by atoms with Gasteiger partial charge in [-0.15, -0.1) is 0 Å². The van der Waals surface area contributed by atoms with Crippen molar-refractivity contribution < 1.29 is 4.74 Å². The lowest BCUT2D eigenvalue weighted by Gasteiger charge is -2.14. The van der Waals surface area contributed by atoms with E-state index in [1.807, 2.05) is 36.5 Å². The Morgan fingerprint density at radius 1 is 1.38 bits per heavy atom. The summed E-state index contributed by atoms with van der Waals surface area (Å²) in [5, 5.41) is 12.0. The van der Waals surface area contributed by atoms with E-state index in [2.05, 4.69) is 22.2 Å². The number of aryl methyl sites for hydroxylation is 1. The van der Waals surface area contributed by atoms with Crippen molar-refractivity contribution >= 4 is 0 Å². The summed E-state index contributed by atoms with van der Waals surface area (Å²) in [5.41, 5.74) is 1.21. The molecule has 5 heteroatoms. The Morgan fingerprint density at radius 2 is 2.19 bits per heavy atom. The maximum atomic E-state index is 8.47. The molecular weight excluding hydrogens is 264 g/mol. The van der Waals surface area contributed by atoms with Crippen LogP contribution in [0, 0.1) is 11.3 Å². The SMILES string of the molecule is CC(NCCCc1ncc[nH]1)c1ccc(OCC#N)cc1. The Kier molecular flexibility index (Phi) is 5.80. The number of benzene rings is 1. The number of nitrogens with one attached hydrogen (secondary N) is 2. The third-order valence-corrected chi connectivity index (χ3v) is 3.28. The molecule has 5 nitrogen and oxygen atoms in total. The van der Waals surface area contributed by atoms with E-state index >= 15 is 0 Å². The van der Waals surface area contributed by atoms with Crippen molar-refractivity contribution in [1.29, 1.82) is 5.26 Å². The van der Waals surface area contributed by atoms with Crippen LogP contribution in [0.3, 0.4) is 0 Å². The number of imidazole rings is 1. The number of nitrogens with zero attached hydrogens (tertiary/aromatic N) is 2. The highest BCUT2D eigenvalue weighted by atomic mass is 16.5. The van der Waals surface area contributed by atoms with Crippen LogP contribution in [0.4, 0.5) is 0 Å². The van der Waals surface area contributed by atoms with Gasteiger partial charge in [-0.3, -0.25) is 0 Å². The highest BCUT2D eigenvalue weighted by Gasteiger charge is 2.05. The van der Waals surface area contributed by atoms with E-state index in [0.717, 1.165) is 31.0 Å². The van der Waals surface area contributed by atoms with Gasteiger partial charge in [0.25, 0.3) is 0 Å². The molecule has 0 spiro atoms. The van der Waals surface area contributed by atoms with Crippen LogP contribution in [0.1, 0.15) is 30.8 Å². The zero-order valence-electron chi connectivity index (χ0n) is 12.2. The summed E-state index contributed by atoms with van der Waals surface area (Å²) >= 11 is 0. The Labute approximate surface area is 125 Å². The second-order valence-corrected chi connectivity index (χ2v) is 4.83. The van der Waals surface area contributed by atoms with Crippen molar-refractivity contribution in [2.45, 2.75) is 25.8 Å². The minimum Gasteiger partial charge on any atom is -0.479 e. The standard InChI is InChI=1S/C16H20N4O/c1-13(18-9-2-3-16-19-10-11-20-16)14-4-6-15(7-5-14)21-12-8-17/h4-7,10-11,13,18H,2-3,9,12H2,1H3,(H,19,20). The van der Waals surface area contributed by atoms with E-state index in [1.165, 1.54) is 5.56 Å². The molecule has 1 atom stereocenters. The zero-order chi connectivity index (χ0) is 14.9. The van der Waals surface area contributed by atoms with E-state index in [1.54, 1.807) is 6.20 Å². The van der Waals surface area contributed by atoms with E-state index in [-0.39, 0.29) is 12.6 Å². The Balaban J connectivity index is 1.72. The van der Waals surface area contributed by atoms with Crippen LogP contribution in [0.5, 0.6) is 5.75 Å². The number of rotatable bonds is 8. The number of aromatic nitrogens is 2. The van der Waals surface area contributed by atoms with Gasteiger partial charge in [0, 0.05) is 24.9 Å². The van der Waals surface area contributed by atoms with Gasteiger partial charge >= 0.3 is 0 Å². The minimum atomic E-state index is 0.0833. The largest absolute Gasteiger partial charge is 0.479 e. The first-order valence-electron chi connectivity index (χ1n) is 7.11. The predicted octanol–water partition coefficient (Wildman–Crippen LogP) is 2.60. The van der Waals surface area contributed by atoms with Gasteiger partial charge in [0.05, 0.1) is 0 Å². The number of hydrogen-bond acceptors (Lipinski definition) is 4. The number of aromatic amines is 1. The Bertz CT molecular complexity index is 557. The first-order chi connectivity index (χ1) is 10.3. The first kappa shape index (κ1) is 15.1. The van der Waals surface area contributed by atoms with Crippen LogP contribution in [-0.2, 0) is 6.42 Å². The van der Waals surface area contributed by atoms with Crippen molar-refractivity contribution in [3.63, 3.8) is 0 Å². The lowest BCUT2D eigenvalue weighted by molar-refractivity contribution is 0.368. The molecule has 0 bridgehead atoms. The summed E-state index contributed by atoms with van der Waals surface area (Å²) in [5.74, 6) is 1.76. The first-order valence-corrected chi connectivity index (χ1v) is 7.11. The summed E-state index contributed by atoms with van der Waals surface area (Å²) in [6.07, 6.45) is 5.62. The highest BCUT2D eigenvalue weighted by Crippen LogP contribution is 2.17. The Morgan fingerprint density at radius 3 is 2.86 bits per heavy atom. The van der Waals surface area contributed by atoms with E-state index in [4.69, 9.17) is 10.00 Å². The summed E-state index contributed by atoms with van der Waals surface area (Å²) in [4.78, 5) is 7.31. The van der Waals surface area contributed by atoms with Gasteiger partial charge in [0.2, 0.25) is 0 Å². The van der Waals surface area contributed by atoms with Crippen molar-refractivity contribution in [3.05, 3.63) is 48.0 Å². The molecule has 0 fully saturated rings. The summed E-state index contributed by atoms with van der Waals surface area (Å²) in [6, 6.07) is 10.1. The maximum Gasteiger partial charge on any atom is 0.174 e. The molecular formula is C16H20N4O. The van der Waals surface area contributed by atoms with Gasteiger partial charge < -0.3 is 15.0 Å². The molecule has 1 heterocycles. The lowest BCUT2D eigenvalue weighted by atomic mass is 10.1. The normalized spacial score (nSPS) is 11.8. The fraction of sp³-hybridized carbons (Fsp3) is 0.375. The number of nitriles is 1. The van der Waals surface area contributed by atoms with Crippen LogP contribution in [0.2, 0.25) is 0 Å². The lowest BCUT2D eigenvalue weighted by Crippen LogP contribution is -2.20. The van der Waals surface area contributed by atoms with Crippen molar-refractivity contribution in [1.82, 2.24) is 15.3 Å². The molecule has 1 aromatic carbocycles. The van der Waals surface area contributed by atoms with E-state index in [9.17, 15) is 0 Å². The topological polar surface area (TPSA) is 73.7 Å². The van der Waals surface area contributed by atoms with E-state index < -0.39 is 0 Å². The number of H-pyrrole nitrogens is 1. The molecule has 2 N–H and O–H groups in total. The quantitative estimate of drug-likeness (QED) is 0.731. The fourth-order valence-corrected chi connectivity index (χ4v) is 2.10.